The molecule has 0 bridgehead atoms. The molecule has 0 saturated carbocycles. The maximum Gasteiger partial charge on any atom is 0.438 e. The van der Waals surface area contributed by atoms with E-state index in [1.165, 1.54) is 5.56 Å². The third-order valence-corrected chi connectivity index (χ3v) is 3.82. The molecule has 0 N–H and O–H groups in total. The van der Waals surface area contributed by atoms with Crippen molar-refractivity contribution in [3.05, 3.63) is 33.8 Å². The average Bonchev–Trinajstić information content (AvgIpc) is 2.83. The van der Waals surface area contributed by atoms with E-state index in [9.17, 15) is 4.79 Å². The first-order chi connectivity index (χ1) is 8.65. The lowest BCUT2D eigenvalue weighted by molar-refractivity contribution is 0.0658. The Kier molecular flexibility index (Phi) is 2.66. The Hall–Kier alpha value is -1.36. The zero-order chi connectivity index (χ0) is 12.8. The highest BCUT2D eigenvalue weighted by atomic mass is 79.9. The fourth-order valence-electron chi connectivity index (χ4n) is 2.61. The molecule has 4 nitrogen and oxygen atoms in total. The lowest BCUT2D eigenvalue weighted by Crippen LogP contribution is -2.34. The molecule has 0 aromatic heterocycles. The van der Waals surface area contributed by atoms with Gasteiger partial charge in [0.2, 0.25) is 11.5 Å². The minimum absolute atomic E-state index is 0.399. The summed E-state index contributed by atoms with van der Waals surface area (Å²) in [7, 11) is 0. The van der Waals surface area contributed by atoms with Crippen molar-refractivity contribution in [2.45, 2.75) is 25.4 Å². The molecule has 3 rings (SSSR count). The van der Waals surface area contributed by atoms with Crippen LogP contribution >= 0.6 is 15.9 Å². The van der Waals surface area contributed by atoms with Crippen molar-refractivity contribution in [2.75, 3.05) is 6.61 Å². The van der Waals surface area contributed by atoms with Crippen molar-refractivity contribution in [1.29, 1.82) is 0 Å². The molecular formula is C13H12BrNO3. The van der Waals surface area contributed by atoms with Crippen molar-refractivity contribution in [3.8, 4) is 0 Å². The molecule has 1 spiro atoms. The number of nitrogens with zero attached hydrogens (tertiary/aromatic N) is 1. The first kappa shape index (κ1) is 11.7. The van der Waals surface area contributed by atoms with Crippen molar-refractivity contribution in [3.63, 3.8) is 0 Å². The van der Waals surface area contributed by atoms with Crippen LogP contribution in [0.25, 0.3) is 0 Å². The highest BCUT2D eigenvalue weighted by molar-refractivity contribution is 9.10. The number of ether oxygens (including phenoxy) is 2. The lowest BCUT2D eigenvalue weighted by atomic mass is 9.96. The normalized spacial score (nSPS) is 25.0. The highest BCUT2D eigenvalue weighted by Crippen LogP contribution is 2.45. The van der Waals surface area contributed by atoms with E-state index in [-0.39, 0.29) is 0 Å². The largest absolute Gasteiger partial charge is 0.478 e. The van der Waals surface area contributed by atoms with Crippen molar-refractivity contribution in [2.24, 2.45) is 4.99 Å². The number of aliphatic imine (C=N–C) groups is 1. The molecule has 0 unspecified atom stereocenters. The van der Waals surface area contributed by atoms with E-state index in [4.69, 9.17) is 9.47 Å². The zero-order valence-electron chi connectivity index (χ0n) is 9.90. The number of fused-ring (bicyclic) bond motifs is 2. The van der Waals surface area contributed by atoms with Gasteiger partial charge >= 0.3 is 6.09 Å². The van der Waals surface area contributed by atoms with Crippen LogP contribution in [-0.2, 0) is 21.5 Å². The molecule has 1 atom stereocenters. The summed E-state index contributed by atoms with van der Waals surface area (Å²) in [5.74, 6) is 0.399. The molecule has 0 radical (unpaired) electrons. The smallest absolute Gasteiger partial charge is 0.438 e. The third kappa shape index (κ3) is 1.57. The summed E-state index contributed by atoms with van der Waals surface area (Å²) < 4.78 is 12.0. The SMILES string of the molecule is CCOC1=NC(=O)O[C@@]12CCc1cc(Br)ccc12. The summed E-state index contributed by atoms with van der Waals surface area (Å²) in [6, 6.07) is 5.97. The summed E-state index contributed by atoms with van der Waals surface area (Å²) in [5.41, 5.74) is 1.37. The number of hydrogen-bond acceptors (Lipinski definition) is 3. The van der Waals surface area contributed by atoms with Crippen LogP contribution in [0.15, 0.2) is 27.7 Å². The fourth-order valence-corrected chi connectivity index (χ4v) is 3.02. The van der Waals surface area contributed by atoms with Crippen molar-refractivity contribution < 1.29 is 14.3 Å². The Bertz CT molecular complexity index is 555. The minimum atomic E-state index is -0.789. The van der Waals surface area contributed by atoms with Gasteiger partial charge in [-0.3, -0.25) is 0 Å². The molecular weight excluding hydrogens is 298 g/mol. The van der Waals surface area contributed by atoms with Gasteiger partial charge in [-0.15, -0.1) is 4.99 Å². The Balaban J connectivity index is 2.09. The molecule has 2 aliphatic rings. The summed E-state index contributed by atoms with van der Waals surface area (Å²) in [4.78, 5) is 15.3. The van der Waals surface area contributed by atoms with Crippen LogP contribution in [0.3, 0.4) is 0 Å². The Morgan fingerprint density at radius 2 is 2.39 bits per heavy atom. The minimum Gasteiger partial charge on any atom is -0.478 e. The summed E-state index contributed by atoms with van der Waals surface area (Å²) in [6.45, 7) is 2.35. The van der Waals surface area contributed by atoms with Gasteiger partial charge in [0.15, 0.2) is 0 Å². The second-order valence-electron chi connectivity index (χ2n) is 4.35. The van der Waals surface area contributed by atoms with Gasteiger partial charge in [-0.1, -0.05) is 22.0 Å². The quantitative estimate of drug-likeness (QED) is 0.800. The first-order valence-electron chi connectivity index (χ1n) is 5.89. The molecule has 1 heterocycles. The monoisotopic (exact) mass is 309 g/mol. The standard InChI is InChI=1S/C13H12BrNO3/c1-2-17-11-13(18-12(16)15-11)6-5-8-7-9(14)3-4-10(8)13/h3-4,7H,2,5-6H2,1H3/t13-/m1/s1. The van der Waals surface area contributed by atoms with Crippen LogP contribution in [0.5, 0.6) is 0 Å². The molecule has 1 aliphatic heterocycles. The van der Waals surface area contributed by atoms with Crippen LogP contribution in [0.2, 0.25) is 0 Å². The maximum atomic E-state index is 11.5. The summed E-state index contributed by atoms with van der Waals surface area (Å²) in [5, 5.41) is 0. The molecule has 1 aliphatic carbocycles. The van der Waals surface area contributed by atoms with E-state index in [1.54, 1.807) is 0 Å². The van der Waals surface area contributed by atoms with Gasteiger partial charge in [0.25, 0.3) is 0 Å². The zero-order valence-corrected chi connectivity index (χ0v) is 11.5. The highest BCUT2D eigenvalue weighted by Gasteiger charge is 2.52. The third-order valence-electron chi connectivity index (χ3n) is 3.33. The number of halogens is 1. The molecule has 1 aromatic rings. The Labute approximate surface area is 113 Å². The Morgan fingerprint density at radius 1 is 1.56 bits per heavy atom. The number of carbonyl (C=O) groups excluding carboxylic acids is 1. The second kappa shape index (κ2) is 4.09. The van der Waals surface area contributed by atoms with E-state index in [1.807, 2.05) is 19.1 Å². The summed E-state index contributed by atoms with van der Waals surface area (Å²) >= 11 is 3.45. The van der Waals surface area contributed by atoms with Gasteiger partial charge in [-0.25, -0.2) is 4.79 Å². The van der Waals surface area contributed by atoms with Gasteiger partial charge < -0.3 is 9.47 Å². The van der Waals surface area contributed by atoms with E-state index < -0.39 is 11.7 Å². The van der Waals surface area contributed by atoms with Crippen LogP contribution < -0.4 is 0 Å². The maximum absolute atomic E-state index is 11.5. The number of benzene rings is 1. The predicted molar refractivity (Wildman–Crippen MR) is 69.7 cm³/mol. The number of rotatable bonds is 1. The van der Waals surface area contributed by atoms with Gasteiger partial charge in [0, 0.05) is 16.5 Å². The van der Waals surface area contributed by atoms with Gasteiger partial charge in [0.05, 0.1) is 6.61 Å². The molecule has 1 aromatic carbocycles. The molecule has 0 fully saturated rings. The number of amides is 1. The van der Waals surface area contributed by atoms with Crippen LogP contribution in [0.4, 0.5) is 4.79 Å². The van der Waals surface area contributed by atoms with Gasteiger partial charge in [0.1, 0.15) is 0 Å². The molecule has 0 saturated heterocycles. The average molecular weight is 310 g/mol. The van der Waals surface area contributed by atoms with E-state index in [0.717, 1.165) is 16.5 Å². The van der Waals surface area contributed by atoms with Crippen molar-refractivity contribution in [1.82, 2.24) is 0 Å². The van der Waals surface area contributed by atoms with E-state index in [0.29, 0.717) is 18.9 Å². The van der Waals surface area contributed by atoms with E-state index in [2.05, 4.69) is 27.0 Å². The van der Waals surface area contributed by atoms with Crippen molar-refractivity contribution >= 4 is 27.9 Å². The van der Waals surface area contributed by atoms with Gasteiger partial charge in [-0.2, -0.15) is 0 Å². The number of carbonyl (C=O) groups is 1. The molecule has 5 heteroatoms. The van der Waals surface area contributed by atoms with Crippen LogP contribution in [0, 0.1) is 0 Å². The van der Waals surface area contributed by atoms with E-state index >= 15 is 0 Å². The fraction of sp³-hybridized carbons (Fsp3) is 0.385. The molecule has 1 amide bonds. The first-order valence-corrected chi connectivity index (χ1v) is 6.69. The number of aryl methyl sites for hydroxylation is 1. The Morgan fingerprint density at radius 3 is 3.17 bits per heavy atom. The topological polar surface area (TPSA) is 47.9 Å². The van der Waals surface area contributed by atoms with Gasteiger partial charge in [-0.05, 0) is 31.0 Å². The molecule has 18 heavy (non-hydrogen) atoms. The number of hydrogen-bond donors (Lipinski definition) is 0. The second-order valence-corrected chi connectivity index (χ2v) is 5.26. The molecule has 94 valence electrons. The lowest BCUT2D eigenvalue weighted by Gasteiger charge is -2.24. The predicted octanol–water partition coefficient (Wildman–Crippen LogP) is 3.18. The van der Waals surface area contributed by atoms with Crippen LogP contribution in [0.1, 0.15) is 24.5 Å². The summed E-state index contributed by atoms with van der Waals surface area (Å²) in [6.07, 6.45) is 0.992. The van der Waals surface area contributed by atoms with Crippen LogP contribution in [-0.4, -0.2) is 18.6 Å².